The highest BCUT2D eigenvalue weighted by Crippen LogP contribution is 2.35. The van der Waals surface area contributed by atoms with Gasteiger partial charge in [-0.2, -0.15) is 0 Å². The molecule has 24 heavy (non-hydrogen) atoms. The molecular formula is C17H14ClNO2S3. The van der Waals surface area contributed by atoms with Crippen molar-refractivity contribution in [2.45, 2.75) is 26.8 Å². The second-order valence-corrected chi connectivity index (χ2v) is 9.58. The molecule has 0 aliphatic carbocycles. The van der Waals surface area contributed by atoms with Gasteiger partial charge in [-0.25, -0.2) is 13.4 Å². The molecule has 2 aromatic carbocycles. The lowest BCUT2D eigenvalue weighted by Gasteiger charge is -2.05. The Morgan fingerprint density at radius 3 is 2.42 bits per heavy atom. The molecule has 3 nitrogen and oxygen atoms in total. The number of thiazole rings is 1. The van der Waals surface area contributed by atoms with E-state index in [-0.39, 0.29) is 9.92 Å². The zero-order valence-corrected chi connectivity index (χ0v) is 16.0. The molecule has 0 radical (unpaired) electrons. The lowest BCUT2D eigenvalue weighted by molar-refractivity contribution is 0.591. The third-order valence-corrected chi connectivity index (χ3v) is 7.79. The van der Waals surface area contributed by atoms with E-state index < -0.39 is 9.84 Å². The largest absolute Gasteiger partial charge is 0.232 e. The highest BCUT2D eigenvalue weighted by molar-refractivity contribution is 8.01. The lowest BCUT2D eigenvalue weighted by atomic mass is 10.2. The van der Waals surface area contributed by atoms with Gasteiger partial charge < -0.3 is 0 Å². The van der Waals surface area contributed by atoms with Crippen molar-refractivity contribution in [2.24, 2.45) is 0 Å². The van der Waals surface area contributed by atoms with Crippen LogP contribution in [0.5, 0.6) is 0 Å². The number of benzene rings is 2. The standard InChI is InChI=1S/C17H14ClNO2S3/c1-12-2-8-15(9-3-12)24(20,21)16-17(23-11-19-16)22-10-13-4-6-14(18)7-5-13/h2-9,11H,10H2,1H3. The van der Waals surface area contributed by atoms with Crippen molar-refractivity contribution < 1.29 is 8.42 Å². The summed E-state index contributed by atoms with van der Waals surface area (Å²) in [6.45, 7) is 1.92. The smallest absolute Gasteiger partial charge is 0.225 e. The van der Waals surface area contributed by atoms with Gasteiger partial charge in [-0.3, -0.25) is 0 Å². The van der Waals surface area contributed by atoms with E-state index in [1.54, 1.807) is 29.8 Å². The molecule has 0 aliphatic heterocycles. The van der Waals surface area contributed by atoms with Gasteiger partial charge in [-0.05, 0) is 36.8 Å². The Morgan fingerprint density at radius 1 is 1.08 bits per heavy atom. The molecule has 7 heteroatoms. The van der Waals surface area contributed by atoms with E-state index in [9.17, 15) is 8.42 Å². The highest BCUT2D eigenvalue weighted by atomic mass is 35.5. The molecule has 0 N–H and O–H groups in total. The van der Waals surface area contributed by atoms with Gasteiger partial charge in [0, 0.05) is 10.8 Å². The summed E-state index contributed by atoms with van der Waals surface area (Å²) in [7, 11) is -3.60. The van der Waals surface area contributed by atoms with Gasteiger partial charge in [0.15, 0.2) is 5.03 Å². The van der Waals surface area contributed by atoms with Crippen LogP contribution in [-0.4, -0.2) is 13.4 Å². The van der Waals surface area contributed by atoms with Gasteiger partial charge in [-0.15, -0.1) is 23.1 Å². The van der Waals surface area contributed by atoms with Crippen molar-refractivity contribution in [3.63, 3.8) is 0 Å². The Bertz CT molecular complexity index is 933. The van der Waals surface area contributed by atoms with Gasteiger partial charge in [0.25, 0.3) is 0 Å². The average Bonchev–Trinajstić information content (AvgIpc) is 3.04. The van der Waals surface area contributed by atoms with E-state index in [2.05, 4.69) is 4.98 Å². The molecule has 3 rings (SSSR count). The van der Waals surface area contributed by atoms with Crippen LogP contribution in [0.2, 0.25) is 5.02 Å². The predicted molar refractivity (Wildman–Crippen MR) is 99.8 cm³/mol. The summed E-state index contributed by atoms with van der Waals surface area (Å²) in [5.74, 6) is 0.662. The van der Waals surface area contributed by atoms with Crippen molar-refractivity contribution in [3.05, 3.63) is 70.2 Å². The minimum absolute atomic E-state index is 0.135. The third kappa shape index (κ3) is 3.83. The first kappa shape index (κ1) is 17.5. The van der Waals surface area contributed by atoms with E-state index in [1.807, 2.05) is 31.2 Å². The van der Waals surface area contributed by atoms with Crippen molar-refractivity contribution in [1.29, 1.82) is 0 Å². The SMILES string of the molecule is Cc1ccc(S(=O)(=O)c2ncsc2SCc2ccc(Cl)cc2)cc1. The fourth-order valence-corrected chi connectivity index (χ4v) is 6.01. The molecule has 0 aliphatic rings. The number of aromatic nitrogens is 1. The Morgan fingerprint density at radius 2 is 1.75 bits per heavy atom. The molecule has 0 saturated heterocycles. The van der Waals surface area contributed by atoms with Crippen LogP contribution in [0.1, 0.15) is 11.1 Å². The van der Waals surface area contributed by atoms with Gasteiger partial charge in [0.2, 0.25) is 9.84 Å². The molecule has 1 aromatic heterocycles. The van der Waals surface area contributed by atoms with Crippen LogP contribution in [0, 0.1) is 6.92 Å². The van der Waals surface area contributed by atoms with Crippen LogP contribution in [-0.2, 0) is 15.6 Å². The molecule has 3 aromatic rings. The number of halogens is 1. The minimum Gasteiger partial charge on any atom is -0.232 e. The first-order chi connectivity index (χ1) is 11.5. The van der Waals surface area contributed by atoms with E-state index in [4.69, 9.17) is 11.6 Å². The zero-order valence-electron chi connectivity index (χ0n) is 12.8. The van der Waals surface area contributed by atoms with Gasteiger partial charge in [0.05, 0.1) is 14.6 Å². The van der Waals surface area contributed by atoms with E-state index in [0.717, 1.165) is 11.1 Å². The molecule has 0 spiro atoms. The van der Waals surface area contributed by atoms with Crippen LogP contribution >= 0.6 is 34.7 Å². The Hall–Kier alpha value is -1.34. The van der Waals surface area contributed by atoms with Gasteiger partial charge in [0.1, 0.15) is 0 Å². The average molecular weight is 396 g/mol. The van der Waals surface area contributed by atoms with Gasteiger partial charge >= 0.3 is 0 Å². The van der Waals surface area contributed by atoms with Crippen molar-refractivity contribution in [2.75, 3.05) is 0 Å². The molecule has 0 fully saturated rings. The maximum absolute atomic E-state index is 12.8. The number of thioether (sulfide) groups is 1. The van der Waals surface area contributed by atoms with Crippen LogP contribution in [0.15, 0.2) is 68.2 Å². The first-order valence-corrected chi connectivity index (χ1v) is 10.8. The van der Waals surface area contributed by atoms with E-state index in [0.29, 0.717) is 15.0 Å². The van der Waals surface area contributed by atoms with Crippen LogP contribution < -0.4 is 0 Å². The zero-order chi connectivity index (χ0) is 17.2. The fraction of sp³-hybridized carbons (Fsp3) is 0.118. The van der Waals surface area contributed by atoms with E-state index in [1.165, 1.54) is 23.1 Å². The second-order valence-electron chi connectivity index (χ2n) is 5.18. The normalized spacial score (nSPS) is 11.6. The predicted octanol–water partition coefficient (Wildman–Crippen LogP) is 5.23. The summed E-state index contributed by atoms with van der Waals surface area (Å²) < 4.78 is 26.3. The minimum atomic E-state index is -3.60. The van der Waals surface area contributed by atoms with Gasteiger partial charge in [-0.1, -0.05) is 41.4 Å². The number of aryl methyl sites for hydroxylation is 1. The summed E-state index contributed by atoms with van der Waals surface area (Å²) in [5, 5.41) is 0.819. The first-order valence-electron chi connectivity index (χ1n) is 7.09. The summed E-state index contributed by atoms with van der Waals surface area (Å²) in [6, 6.07) is 14.4. The van der Waals surface area contributed by atoms with E-state index >= 15 is 0 Å². The summed E-state index contributed by atoms with van der Waals surface area (Å²) in [4.78, 5) is 4.37. The Labute approximate surface area is 154 Å². The summed E-state index contributed by atoms with van der Waals surface area (Å²) >= 11 is 8.70. The number of rotatable bonds is 5. The van der Waals surface area contributed by atoms with Crippen LogP contribution in [0.4, 0.5) is 0 Å². The molecule has 0 saturated carbocycles. The Kier molecular flexibility index (Phi) is 5.30. The van der Waals surface area contributed by atoms with Crippen molar-refractivity contribution in [1.82, 2.24) is 4.98 Å². The quantitative estimate of drug-likeness (QED) is 0.555. The molecule has 0 unspecified atom stereocenters. The molecule has 0 atom stereocenters. The topological polar surface area (TPSA) is 47.0 Å². The molecule has 124 valence electrons. The molecule has 0 amide bonds. The number of sulfone groups is 1. The summed E-state index contributed by atoms with van der Waals surface area (Å²) in [6.07, 6.45) is 0. The maximum Gasteiger partial charge on any atom is 0.225 e. The number of hydrogen-bond acceptors (Lipinski definition) is 5. The summed E-state index contributed by atoms with van der Waals surface area (Å²) in [5.41, 5.74) is 3.67. The molecular weight excluding hydrogens is 382 g/mol. The van der Waals surface area contributed by atoms with Crippen LogP contribution in [0.25, 0.3) is 0 Å². The third-order valence-electron chi connectivity index (χ3n) is 3.37. The fourth-order valence-electron chi connectivity index (χ4n) is 2.06. The monoisotopic (exact) mass is 395 g/mol. The second kappa shape index (κ2) is 7.27. The van der Waals surface area contributed by atoms with Crippen molar-refractivity contribution in [3.8, 4) is 0 Å². The number of hydrogen-bond donors (Lipinski definition) is 0. The lowest BCUT2D eigenvalue weighted by Crippen LogP contribution is -2.03. The van der Waals surface area contributed by atoms with Crippen LogP contribution in [0.3, 0.4) is 0 Å². The Balaban J connectivity index is 1.84. The number of nitrogens with zero attached hydrogens (tertiary/aromatic N) is 1. The highest BCUT2D eigenvalue weighted by Gasteiger charge is 2.24. The maximum atomic E-state index is 12.8. The molecule has 0 bridgehead atoms. The molecule has 1 heterocycles. The van der Waals surface area contributed by atoms with Crippen molar-refractivity contribution >= 4 is 44.5 Å².